The van der Waals surface area contributed by atoms with Crippen molar-refractivity contribution in [2.45, 2.75) is 68.6 Å². The number of rotatable bonds is 6. The number of esters is 1. The van der Waals surface area contributed by atoms with E-state index in [1.54, 1.807) is 6.92 Å². The lowest BCUT2D eigenvalue weighted by Crippen LogP contribution is -2.55. The standard InChI is InChI=1S/C19H28O4S/c1-4-16(18(20)23-5-2)19(21)13-7-6-8-17(19)24(22)15-11-9-14(3)10-12-15/h9-12,16-17,21H,4-8,13H2,1-3H3/t16-,17-,19-,24?/m0/s1. The quantitative estimate of drug-likeness (QED) is 0.797. The Bertz CT molecular complexity index is 584. The van der Waals surface area contributed by atoms with E-state index in [4.69, 9.17) is 4.74 Å². The first-order chi connectivity index (χ1) is 11.4. The van der Waals surface area contributed by atoms with Gasteiger partial charge in [0.25, 0.3) is 0 Å². The first-order valence-electron chi connectivity index (χ1n) is 8.80. The Labute approximate surface area is 147 Å². The molecule has 0 aliphatic heterocycles. The molecule has 2 rings (SSSR count). The number of carbonyl (C=O) groups is 1. The van der Waals surface area contributed by atoms with Crippen molar-refractivity contribution in [2.24, 2.45) is 5.92 Å². The number of carbonyl (C=O) groups excluding carboxylic acids is 1. The van der Waals surface area contributed by atoms with Crippen molar-refractivity contribution >= 4 is 16.8 Å². The Morgan fingerprint density at radius 3 is 2.58 bits per heavy atom. The average molecular weight is 352 g/mol. The molecule has 0 saturated heterocycles. The predicted octanol–water partition coefficient (Wildman–Crippen LogP) is 3.37. The second kappa shape index (κ2) is 8.26. The number of hydrogen-bond donors (Lipinski definition) is 1. The Hall–Kier alpha value is -1.20. The van der Waals surface area contributed by atoms with Crippen LogP contribution >= 0.6 is 0 Å². The van der Waals surface area contributed by atoms with Crippen LogP contribution in [0.15, 0.2) is 29.2 Å². The highest BCUT2D eigenvalue weighted by atomic mass is 32.2. The van der Waals surface area contributed by atoms with Gasteiger partial charge in [-0.3, -0.25) is 9.00 Å². The van der Waals surface area contributed by atoms with Gasteiger partial charge in [-0.15, -0.1) is 0 Å². The van der Waals surface area contributed by atoms with Gasteiger partial charge in [0.2, 0.25) is 0 Å². The van der Waals surface area contributed by atoms with Crippen molar-refractivity contribution < 1.29 is 18.8 Å². The second-order valence-electron chi connectivity index (χ2n) is 6.55. The first-order valence-corrected chi connectivity index (χ1v) is 10.0. The summed E-state index contributed by atoms with van der Waals surface area (Å²) >= 11 is 0. The summed E-state index contributed by atoms with van der Waals surface area (Å²) in [4.78, 5) is 13.1. The van der Waals surface area contributed by atoms with Gasteiger partial charge in [-0.2, -0.15) is 0 Å². The number of benzene rings is 1. The number of aryl methyl sites for hydroxylation is 1. The molecular formula is C19H28O4S. The minimum atomic E-state index is -1.35. The molecule has 1 saturated carbocycles. The molecule has 4 atom stereocenters. The van der Waals surface area contributed by atoms with E-state index in [0.29, 0.717) is 24.2 Å². The van der Waals surface area contributed by atoms with E-state index in [1.807, 2.05) is 38.1 Å². The van der Waals surface area contributed by atoms with E-state index < -0.39 is 27.6 Å². The topological polar surface area (TPSA) is 63.6 Å². The minimum Gasteiger partial charge on any atom is -0.466 e. The molecular weight excluding hydrogens is 324 g/mol. The summed E-state index contributed by atoms with van der Waals surface area (Å²) in [6, 6.07) is 7.56. The minimum absolute atomic E-state index is 0.289. The summed E-state index contributed by atoms with van der Waals surface area (Å²) in [7, 11) is -1.35. The van der Waals surface area contributed by atoms with Crippen molar-refractivity contribution in [1.29, 1.82) is 0 Å². The molecule has 1 unspecified atom stereocenters. The van der Waals surface area contributed by atoms with Crippen LogP contribution < -0.4 is 0 Å². The summed E-state index contributed by atoms with van der Waals surface area (Å²) in [5.41, 5.74) is -0.165. The molecule has 0 radical (unpaired) electrons. The molecule has 134 valence electrons. The van der Waals surface area contributed by atoms with Gasteiger partial charge in [0.15, 0.2) is 0 Å². The highest BCUT2D eigenvalue weighted by Gasteiger charge is 2.50. The lowest BCUT2D eigenvalue weighted by Gasteiger charge is -2.43. The van der Waals surface area contributed by atoms with E-state index in [-0.39, 0.29) is 12.6 Å². The zero-order valence-electron chi connectivity index (χ0n) is 14.8. The fourth-order valence-electron chi connectivity index (χ4n) is 3.64. The van der Waals surface area contributed by atoms with Crippen LogP contribution in [0.5, 0.6) is 0 Å². The monoisotopic (exact) mass is 352 g/mol. The normalized spacial score (nSPS) is 26.6. The molecule has 0 bridgehead atoms. The Balaban J connectivity index is 2.32. The predicted molar refractivity (Wildman–Crippen MR) is 95.2 cm³/mol. The number of aliphatic hydroxyl groups is 1. The molecule has 0 heterocycles. The maximum Gasteiger partial charge on any atom is 0.311 e. The molecule has 1 aromatic carbocycles. The third-order valence-corrected chi connectivity index (χ3v) is 6.84. The van der Waals surface area contributed by atoms with Gasteiger partial charge in [0.1, 0.15) is 0 Å². The zero-order valence-corrected chi connectivity index (χ0v) is 15.6. The summed E-state index contributed by atoms with van der Waals surface area (Å²) in [5.74, 6) is -1.01. The largest absolute Gasteiger partial charge is 0.466 e. The molecule has 0 aromatic heterocycles. The smallest absolute Gasteiger partial charge is 0.311 e. The van der Waals surface area contributed by atoms with Crippen molar-refractivity contribution in [3.63, 3.8) is 0 Å². The average Bonchev–Trinajstić information content (AvgIpc) is 2.56. The van der Waals surface area contributed by atoms with Gasteiger partial charge >= 0.3 is 5.97 Å². The van der Waals surface area contributed by atoms with Crippen LogP contribution in [0.1, 0.15) is 51.5 Å². The molecule has 0 amide bonds. The molecule has 1 aliphatic rings. The maximum absolute atomic E-state index is 13.1. The zero-order chi connectivity index (χ0) is 17.7. The number of ether oxygens (including phenoxy) is 1. The SMILES string of the molecule is CCOC(=O)[C@H](CC)[C@@]1(O)CCCC[C@@H]1S(=O)c1ccc(C)cc1. The molecule has 1 fully saturated rings. The van der Waals surface area contributed by atoms with Crippen LogP contribution in [-0.2, 0) is 20.3 Å². The summed E-state index contributed by atoms with van der Waals surface area (Å²) in [6.45, 7) is 5.91. The van der Waals surface area contributed by atoms with E-state index in [1.165, 1.54) is 0 Å². The molecule has 4 nitrogen and oxygen atoms in total. The Morgan fingerprint density at radius 2 is 2.00 bits per heavy atom. The molecule has 0 spiro atoms. The van der Waals surface area contributed by atoms with Crippen molar-refractivity contribution in [1.82, 2.24) is 0 Å². The van der Waals surface area contributed by atoms with Crippen LogP contribution in [0.4, 0.5) is 0 Å². The van der Waals surface area contributed by atoms with Gasteiger partial charge in [-0.25, -0.2) is 0 Å². The fraction of sp³-hybridized carbons (Fsp3) is 0.632. The third-order valence-electron chi connectivity index (χ3n) is 4.95. The van der Waals surface area contributed by atoms with Gasteiger partial charge in [-0.1, -0.05) is 37.5 Å². The number of hydrogen-bond acceptors (Lipinski definition) is 4. The van der Waals surface area contributed by atoms with E-state index in [0.717, 1.165) is 18.4 Å². The van der Waals surface area contributed by atoms with Crippen molar-refractivity contribution in [3.8, 4) is 0 Å². The molecule has 5 heteroatoms. The van der Waals surface area contributed by atoms with E-state index in [2.05, 4.69) is 0 Å². The Kier molecular flexibility index (Phi) is 6.58. The van der Waals surface area contributed by atoms with Gasteiger partial charge in [0.05, 0.1) is 34.2 Å². The van der Waals surface area contributed by atoms with E-state index >= 15 is 0 Å². The highest BCUT2D eigenvalue weighted by Crippen LogP contribution is 2.41. The summed E-state index contributed by atoms with van der Waals surface area (Å²) in [6.07, 6.45) is 3.40. The maximum atomic E-state index is 13.1. The van der Waals surface area contributed by atoms with Crippen LogP contribution in [0.2, 0.25) is 0 Å². The van der Waals surface area contributed by atoms with Crippen LogP contribution in [0, 0.1) is 12.8 Å². The lowest BCUT2D eigenvalue weighted by atomic mass is 9.74. The summed E-state index contributed by atoms with van der Waals surface area (Å²) in [5, 5.41) is 10.9. The lowest BCUT2D eigenvalue weighted by molar-refractivity contribution is -0.160. The van der Waals surface area contributed by atoms with Crippen LogP contribution in [0.3, 0.4) is 0 Å². The van der Waals surface area contributed by atoms with Gasteiger partial charge < -0.3 is 9.84 Å². The first kappa shape index (κ1) is 19.1. The van der Waals surface area contributed by atoms with E-state index in [9.17, 15) is 14.1 Å². The molecule has 1 N–H and O–H groups in total. The molecule has 24 heavy (non-hydrogen) atoms. The van der Waals surface area contributed by atoms with Crippen molar-refractivity contribution in [3.05, 3.63) is 29.8 Å². The third kappa shape index (κ3) is 3.89. The van der Waals surface area contributed by atoms with Crippen molar-refractivity contribution in [2.75, 3.05) is 6.61 Å². The molecule has 1 aromatic rings. The van der Waals surface area contributed by atoms with Gasteiger partial charge in [-0.05, 0) is 45.2 Å². The van der Waals surface area contributed by atoms with Gasteiger partial charge in [0, 0.05) is 4.90 Å². The molecule has 1 aliphatic carbocycles. The van der Waals surface area contributed by atoms with Crippen LogP contribution in [-0.4, -0.2) is 32.7 Å². The highest BCUT2D eigenvalue weighted by molar-refractivity contribution is 7.85. The fourth-order valence-corrected chi connectivity index (χ4v) is 5.41. The van der Waals surface area contributed by atoms with Crippen LogP contribution in [0.25, 0.3) is 0 Å². The Morgan fingerprint density at radius 1 is 1.33 bits per heavy atom. The second-order valence-corrected chi connectivity index (χ2v) is 8.18. The summed E-state index contributed by atoms with van der Waals surface area (Å²) < 4.78 is 18.3.